The number of carboxylic acids is 1. The van der Waals surface area contributed by atoms with Crippen LogP contribution in [0.15, 0.2) is 35.3 Å². The predicted octanol–water partition coefficient (Wildman–Crippen LogP) is 1.06. The first kappa shape index (κ1) is 20.2. The second-order valence-corrected chi connectivity index (χ2v) is 7.18. The number of aliphatic carboxylic acids is 1. The molecule has 0 saturated carbocycles. The number of piperidine rings is 1. The standard InChI is InChI=1S/C20H23N5O4/c1-24-18(14-4-2-13(3-5-14)17(21)22)23-11-15(19(24)28)20(29)25-8-6-12(7-9-25)10-16(26)27/h2-5,11-12H,6-10H2,1H3,(H3,21,22)(H,26,27). The molecule has 1 aromatic heterocycles. The number of nitrogens with one attached hydrogen (secondary N) is 1. The Morgan fingerprint density at radius 3 is 2.41 bits per heavy atom. The highest BCUT2D eigenvalue weighted by Crippen LogP contribution is 2.22. The van der Waals surface area contributed by atoms with E-state index in [9.17, 15) is 14.4 Å². The Morgan fingerprint density at radius 1 is 1.24 bits per heavy atom. The number of amidine groups is 1. The van der Waals surface area contributed by atoms with Crippen LogP contribution < -0.4 is 11.3 Å². The lowest BCUT2D eigenvalue weighted by atomic mass is 9.93. The Morgan fingerprint density at radius 2 is 1.86 bits per heavy atom. The molecule has 152 valence electrons. The van der Waals surface area contributed by atoms with E-state index in [0.29, 0.717) is 42.9 Å². The summed E-state index contributed by atoms with van der Waals surface area (Å²) in [4.78, 5) is 42.3. The van der Waals surface area contributed by atoms with E-state index in [2.05, 4.69) is 4.98 Å². The summed E-state index contributed by atoms with van der Waals surface area (Å²) in [7, 11) is 1.55. The van der Waals surface area contributed by atoms with Crippen molar-refractivity contribution in [2.24, 2.45) is 18.7 Å². The summed E-state index contributed by atoms with van der Waals surface area (Å²) in [5.41, 5.74) is 6.24. The van der Waals surface area contributed by atoms with Gasteiger partial charge in [-0.3, -0.25) is 24.4 Å². The first-order chi connectivity index (χ1) is 13.8. The van der Waals surface area contributed by atoms with Gasteiger partial charge in [0, 0.05) is 43.9 Å². The fourth-order valence-corrected chi connectivity index (χ4v) is 3.52. The number of carboxylic acid groups (broad SMARTS) is 1. The van der Waals surface area contributed by atoms with Gasteiger partial charge in [0.1, 0.15) is 17.2 Å². The number of hydrogen-bond donors (Lipinski definition) is 3. The van der Waals surface area contributed by atoms with Gasteiger partial charge in [-0.1, -0.05) is 24.3 Å². The lowest BCUT2D eigenvalue weighted by Gasteiger charge is -2.31. The van der Waals surface area contributed by atoms with Gasteiger partial charge in [0.25, 0.3) is 11.5 Å². The molecule has 0 radical (unpaired) electrons. The minimum absolute atomic E-state index is 0.00621. The molecule has 0 unspecified atom stereocenters. The lowest BCUT2D eigenvalue weighted by Crippen LogP contribution is -2.42. The number of hydrogen-bond acceptors (Lipinski definition) is 5. The van der Waals surface area contributed by atoms with Gasteiger partial charge in [0.05, 0.1) is 0 Å². The van der Waals surface area contributed by atoms with Crippen molar-refractivity contribution >= 4 is 17.7 Å². The molecule has 0 aliphatic carbocycles. The van der Waals surface area contributed by atoms with Crippen LogP contribution in [-0.4, -0.2) is 50.4 Å². The van der Waals surface area contributed by atoms with Gasteiger partial charge in [-0.2, -0.15) is 0 Å². The van der Waals surface area contributed by atoms with Crippen LogP contribution in [0.4, 0.5) is 0 Å². The molecule has 1 aromatic carbocycles. The van der Waals surface area contributed by atoms with Crippen molar-refractivity contribution in [2.45, 2.75) is 19.3 Å². The summed E-state index contributed by atoms with van der Waals surface area (Å²) >= 11 is 0. The lowest BCUT2D eigenvalue weighted by molar-refractivity contribution is -0.138. The van der Waals surface area contributed by atoms with Crippen molar-refractivity contribution in [2.75, 3.05) is 13.1 Å². The molecule has 4 N–H and O–H groups in total. The average molecular weight is 397 g/mol. The number of nitrogens with two attached hydrogens (primary N) is 1. The molecule has 2 heterocycles. The van der Waals surface area contributed by atoms with Crippen molar-refractivity contribution in [3.63, 3.8) is 0 Å². The summed E-state index contributed by atoms with van der Waals surface area (Å²) in [5, 5.41) is 16.3. The Balaban J connectivity index is 1.79. The fraction of sp³-hybridized carbons (Fsp3) is 0.350. The number of amides is 1. The van der Waals surface area contributed by atoms with Gasteiger partial charge in [-0.25, -0.2) is 4.98 Å². The maximum atomic E-state index is 12.8. The molecular weight excluding hydrogens is 374 g/mol. The normalized spacial score (nSPS) is 14.6. The molecule has 9 heteroatoms. The third-order valence-corrected chi connectivity index (χ3v) is 5.22. The number of likely N-dealkylation sites (tertiary alicyclic amines) is 1. The van der Waals surface area contributed by atoms with Gasteiger partial charge in [-0.05, 0) is 18.8 Å². The monoisotopic (exact) mass is 397 g/mol. The molecule has 1 saturated heterocycles. The minimum Gasteiger partial charge on any atom is -0.481 e. The molecule has 1 aliphatic rings. The molecule has 1 amide bonds. The highest BCUT2D eigenvalue weighted by molar-refractivity contribution is 5.95. The highest BCUT2D eigenvalue weighted by atomic mass is 16.4. The van der Waals surface area contributed by atoms with Crippen molar-refractivity contribution in [1.82, 2.24) is 14.5 Å². The second kappa shape index (κ2) is 8.26. The molecule has 0 bridgehead atoms. The highest BCUT2D eigenvalue weighted by Gasteiger charge is 2.27. The van der Waals surface area contributed by atoms with Gasteiger partial charge in [-0.15, -0.1) is 0 Å². The second-order valence-electron chi connectivity index (χ2n) is 7.18. The van der Waals surface area contributed by atoms with E-state index in [1.807, 2.05) is 0 Å². The van der Waals surface area contributed by atoms with Crippen molar-refractivity contribution in [3.05, 3.63) is 51.9 Å². The van der Waals surface area contributed by atoms with Gasteiger partial charge >= 0.3 is 5.97 Å². The molecule has 9 nitrogen and oxygen atoms in total. The molecule has 0 atom stereocenters. The van der Waals surface area contributed by atoms with Crippen LogP contribution in [0.3, 0.4) is 0 Å². The topological polar surface area (TPSA) is 142 Å². The largest absolute Gasteiger partial charge is 0.481 e. The summed E-state index contributed by atoms with van der Waals surface area (Å²) < 4.78 is 1.33. The maximum Gasteiger partial charge on any atom is 0.303 e. The quantitative estimate of drug-likeness (QED) is 0.508. The van der Waals surface area contributed by atoms with E-state index < -0.39 is 11.5 Å². The van der Waals surface area contributed by atoms with Gasteiger partial charge < -0.3 is 15.7 Å². The molecule has 2 aromatic rings. The number of rotatable bonds is 5. The molecular formula is C20H23N5O4. The van der Waals surface area contributed by atoms with Crippen molar-refractivity contribution in [3.8, 4) is 11.4 Å². The van der Waals surface area contributed by atoms with Crippen molar-refractivity contribution < 1.29 is 14.7 Å². The van der Waals surface area contributed by atoms with Crippen LogP contribution >= 0.6 is 0 Å². The van der Waals surface area contributed by atoms with E-state index in [0.717, 1.165) is 0 Å². The number of nitrogens with zero attached hydrogens (tertiary/aromatic N) is 3. The van der Waals surface area contributed by atoms with Crippen LogP contribution in [0.25, 0.3) is 11.4 Å². The number of benzene rings is 1. The van der Waals surface area contributed by atoms with Crippen LogP contribution in [0.5, 0.6) is 0 Å². The molecule has 29 heavy (non-hydrogen) atoms. The first-order valence-corrected chi connectivity index (χ1v) is 9.30. The number of carbonyl (C=O) groups is 2. The van der Waals surface area contributed by atoms with Crippen LogP contribution in [0, 0.1) is 11.3 Å². The molecule has 1 aliphatic heterocycles. The Hall–Kier alpha value is -3.49. The summed E-state index contributed by atoms with van der Waals surface area (Å²) in [6, 6.07) is 6.77. The molecule has 0 spiro atoms. The van der Waals surface area contributed by atoms with Crippen LogP contribution in [-0.2, 0) is 11.8 Å². The Bertz CT molecular complexity index is 1000. The fourth-order valence-electron chi connectivity index (χ4n) is 3.52. The van der Waals surface area contributed by atoms with Crippen molar-refractivity contribution in [1.29, 1.82) is 5.41 Å². The van der Waals surface area contributed by atoms with E-state index in [1.54, 1.807) is 36.2 Å². The number of aromatic nitrogens is 2. The average Bonchev–Trinajstić information content (AvgIpc) is 2.70. The zero-order valence-electron chi connectivity index (χ0n) is 16.1. The van der Waals surface area contributed by atoms with Crippen LogP contribution in [0.2, 0.25) is 0 Å². The maximum absolute atomic E-state index is 12.8. The Kier molecular flexibility index (Phi) is 5.76. The van der Waals surface area contributed by atoms with Gasteiger partial charge in [0.2, 0.25) is 0 Å². The van der Waals surface area contributed by atoms with Crippen LogP contribution in [0.1, 0.15) is 35.2 Å². The van der Waals surface area contributed by atoms with E-state index in [4.69, 9.17) is 16.2 Å². The predicted molar refractivity (Wildman–Crippen MR) is 107 cm³/mol. The van der Waals surface area contributed by atoms with E-state index >= 15 is 0 Å². The van der Waals surface area contributed by atoms with Gasteiger partial charge in [0.15, 0.2) is 0 Å². The minimum atomic E-state index is -0.834. The zero-order chi connectivity index (χ0) is 21.1. The SMILES string of the molecule is Cn1c(-c2ccc(C(=N)N)cc2)ncc(C(=O)N2CCC(CC(=O)O)CC2)c1=O. The third-order valence-electron chi connectivity index (χ3n) is 5.22. The van der Waals surface area contributed by atoms with E-state index in [-0.39, 0.29) is 29.6 Å². The third kappa shape index (κ3) is 4.34. The number of nitrogen functional groups attached to an aromatic ring is 1. The smallest absolute Gasteiger partial charge is 0.303 e. The molecule has 3 rings (SSSR count). The summed E-state index contributed by atoms with van der Waals surface area (Å²) in [6.07, 6.45) is 2.60. The van der Waals surface area contributed by atoms with E-state index in [1.165, 1.54) is 10.8 Å². The first-order valence-electron chi connectivity index (χ1n) is 9.30. The summed E-state index contributed by atoms with van der Waals surface area (Å²) in [5.74, 6) is -0.809. The summed E-state index contributed by atoms with van der Waals surface area (Å²) in [6.45, 7) is 0.850. The Labute approximate surface area is 167 Å². The number of carbonyl (C=O) groups excluding carboxylic acids is 1. The zero-order valence-corrected chi connectivity index (χ0v) is 16.1. The molecule has 1 fully saturated rings.